The van der Waals surface area contributed by atoms with Crippen LogP contribution in [0.1, 0.15) is 38.2 Å². The summed E-state index contributed by atoms with van der Waals surface area (Å²) in [6.07, 6.45) is 1.66. The Morgan fingerprint density at radius 1 is 1.47 bits per heavy atom. The summed E-state index contributed by atoms with van der Waals surface area (Å²) >= 11 is 3.37. The van der Waals surface area contributed by atoms with E-state index in [1.54, 1.807) is 10.9 Å². The molecule has 108 valence electrons. The van der Waals surface area contributed by atoms with Gasteiger partial charge in [-0.1, -0.05) is 13.8 Å². The van der Waals surface area contributed by atoms with Gasteiger partial charge in [0.2, 0.25) is 0 Å². The fourth-order valence-corrected chi connectivity index (χ4v) is 2.51. The summed E-state index contributed by atoms with van der Waals surface area (Å²) in [6.45, 7) is 11.8. The molecule has 1 amide bonds. The first kappa shape index (κ1) is 16.2. The van der Waals surface area contributed by atoms with Gasteiger partial charge in [-0.15, -0.1) is 0 Å². The summed E-state index contributed by atoms with van der Waals surface area (Å²) in [6, 6.07) is 0.111. The van der Waals surface area contributed by atoms with E-state index in [9.17, 15) is 4.79 Å². The van der Waals surface area contributed by atoms with Crippen LogP contribution < -0.4 is 5.32 Å². The molecule has 6 heteroatoms. The van der Waals surface area contributed by atoms with Crippen LogP contribution in [0.4, 0.5) is 0 Å². The summed E-state index contributed by atoms with van der Waals surface area (Å²) < 4.78 is 2.44. The van der Waals surface area contributed by atoms with E-state index in [2.05, 4.69) is 45.1 Å². The molecule has 1 heterocycles. The summed E-state index contributed by atoms with van der Waals surface area (Å²) in [5.74, 6) is -0.0779. The molecule has 0 aliphatic heterocycles. The molecule has 1 atom stereocenters. The smallest absolute Gasteiger partial charge is 0.270 e. The molecule has 0 saturated heterocycles. The Bertz CT molecular complexity index is 415. The fraction of sp³-hybridized carbons (Fsp3) is 0.692. The highest BCUT2D eigenvalue weighted by Gasteiger charge is 2.18. The predicted octanol–water partition coefficient (Wildman–Crippen LogP) is 2.13. The quantitative estimate of drug-likeness (QED) is 0.833. The van der Waals surface area contributed by atoms with Crippen molar-refractivity contribution in [1.29, 1.82) is 0 Å². The molecule has 0 bridgehead atoms. The maximum atomic E-state index is 12.3. The molecular weight excluding hydrogens is 308 g/mol. The van der Waals surface area contributed by atoms with Crippen molar-refractivity contribution < 1.29 is 4.79 Å². The lowest BCUT2D eigenvalue weighted by atomic mass is 10.2. The Morgan fingerprint density at radius 2 is 2.11 bits per heavy atom. The highest BCUT2D eigenvalue weighted by molar-refractivity contribution is 9.10. The number of amides is 1. The molecule has 0 aliphatic carbocycles. The molecule has 0 fully saturated rings. The molecule has 1 N–H and O–H groups in total. The van der Waals surface area contributed by atoms with E-state index in [1.807, 2.05) is 13.8 Å². The second-order valence-corrected chi connectivity index (χ2v) is 5.37. The zero-order valence-corrected chi connectivity index (χ0v) is 13.7. The third-order valence-corrected chi connectivity index (χ3v) is 3.69. The Morgan fingerprint density at radius 3 is 2.63 bits per heavy atom. The highest BCUT2D eigenvalue weighted by atomic mass is 79.9. The number of carbonyl (C=O) groups excluding carboxylic acids is 1. The van der Waals surface area contributed by atoms with E-state index in [4.69, 9.17) is 0 Å². The van der Waals surface area contributed by atoms with Gasteiger partial charge in [-0.2, -0.15) is 5.10 Å². The molecule has 1 rings (SSSR count). The minimum atomic E-state index is -0.0779. The van der Waals surface area contributed by atoms with Crippen LogP contribution in [-0.4, -0.2) is 46.3 Å². The molecule has 0 unspecified atom stereocenters. The molecule has 0 aromatic carbocycles. The number of halogens is 1. The lowest BCUT2D eigenvalue weighted by Gasteiger charge is -2.23. The maximum absolute atomic E-state index is 12.3. The molecule has 19 heavy (non-hydrogen) atoms. The first-order valence-corrected chi connectivity index (χ1v) is 7.57. The van der Waals surface area contributed by atoms with E-state index >= 15 is 0 Å². The number of hydrogen-bond acceptors (Lipinski definition) is 3. The van der Waals surface area contributed by atoms with Gasteiger partial charge in [-0.05, 0) is 42.9 Å². The Hall–Kier alpha value is -0.880. The summed E-state index contributed by atoms with van der Waals surface area (Å²) in [4.78, 5) is 14.5. The van der Waals surface area contributed by atoms with Crippen molar-refractivity contribution in [2.45, 2.75) is 40.3 Å². The van der Waals surface area contributed by atoms with Crippen molar-refractivity contribution in [3.05, 3.63) is 16.4 Å². The molecule has 1 aromatic heterocycles. The van der Waals surface area contributed by atoms with Crippen LogP contribution in [0.5, 0.6) is 0 Å². The standard InChI is InChI=1S/C13H23BrN4O/c1-5-17(6-2)9-10(4)16-13(19)12-11(14)8-15-18(12)7-3/h8,10H,5-7,9H2,1-4H3,(H,16,19)/t10-/m0/s1. The molecule has 0 saturated carbocycles. The first-order valence-electron chi connectivity index (χ1n) is 6.77. The summed E-state index contributed by atoms with van der Waals surface area (Å²) in [7, 11) is 0. The van der Waals surface area contributed by atoms with Gasteiger partial charge in [0.1, 0.15) is 5.69 Å². The zero-order valence-electron chi connectivity index (χ0n) is 12.1. The van der Waals surface area contributed by atoms with E-state index < -0.39 is 0 Å². The van der Waals surface area contributed by atoms with E-state index in [0.717, 1.165) is 24.1 Å². The Kier molecular flexibility index (Phi) is 6.51. The van der Waals surface area contributed by atoms with Gasteiger partial charge >= 0.3 is 0 Å². The Balaban J connectivity index is 2.66. The van der Waals surface area contributed by atoms with Crippen LogP contribution >= 0.6 is 15.9 Å². The van der Waals surface area contributed by atoms with Gasteiger partial charge in [0, 0.05) is 19.1 Å². The average Bonchev–Trinajstić information content (AvgIpc) is 2.76. The number of nitrogens with zero attached hydrogens (tertiary/aromatic N) is 3. The molecule has 5 nitrogen and oxygen atoms in total. The molecule has 0 radical (unpaired) electrons. The van der Waals surface area contributed by atoms with Crippen LogP contribution in [0.3, 0.4) is 0 Å². The molecule has 0 aliphatic rings. The highest BCUT2D eigenvalue weighted by Crippen LogP contribution is 2.15. The van der Waals surface area contributed by atoms with E-state index in [-0.39, 0.29) is 11.9 Å². The van der Waals surface area contributed by atoms with Crippen molar-refractivity contribution >= 4 is 21.8 Å². The minimum Gasteiger partial charge on any atom is -0.347 e. The molecule has 0 spiro atoms. The van der Waals surface area contributed by atoms with Crippen LogP contribution in [0.2, 0.25) is 0 Å². The first-order chi connectivity index (χ1) is 9.03. The van der Waals surface area contributed by atoms with Crippen LogP contribution in [-0.2, 0) is 6.54 Å². The Labute approximate surface area is 123 Å². The average molecular weight is 331 g/mol. The number of carbonyl (C=O) groups is 1. The molecule has 1 aromatic rings. The third-order valence-electron chi connectivity index (χ3n) is 3.11. The van der Waals surface area contributed by atoms with Gasteiger partial charge < -0.3 is 10.2 Å². The molecular formula is C13H23BrN4O. The lowest BCUT2D eigenvalue weighted by molar-refractivity contribution is 0.0918. The van der Waals surface area contributed by atoms with Crippen molar-refractivity contribution in [2.75, 3.05) is 19.6 Å². The van der Waals surface area contributed by atoms with Crippen LogP contribution in [0.25, 0.3) is 0 Å². The van der Waals surface area contributed by atoms with Gasteiger partial charge in [0.25, 0.3) is 5.91 Å². The SMILES string of the molecule is CCN(CC)C[C@H](C)NC(=O)c1c(Br)cnn1CC. The van der Waals surface area contributed by atoms with Gasteiger partial charge in [0.15, 0.2) is 0 Å². The normalized spacial score (nSPS) is 12.7. The van der Waals surface area contributed by atoms with Crippen molar-refractivity contribution in [2.24, 2.45) is 0 Å². The maximum Gasteiger partial charge on any atom is 0.270 e. The fourth-order valence-electron chi connectivity index (χ4n) is 2.03. The summed E-state index contributed by atoms with van der Waals surface area (Å²) in [5, 5.41) is 7.18. The van der Waals surface area contributed by atoms with Gasteiger partial charge in [-0.25, -0.2) is 0 Å². The second kappa shape index (κ2) is 7.65. The van der Waals surface area contributed by atoms with Crippen molar-refractivity contribution in [3.63, 3.8) is 0 Å². The van der Waals surface area contributed by atoms with Crippen LogP contribution in [0, 0.1) is 0 Å². The van der Waals surface area contributed by atoms with E-state index in [0.29, 0.717) is 12.2 Å². The second-order valence-electron chi connectivity index (χ2n) is 4.52. The van der Waals surface area contributed by atoms with Crippen molar-refractivity contribution in [3.8, 4) is 0 Å². The van der Waals surface area contributed by atoms with Crippen LogP contribution in [0.15, 0.2) is 10.7 Å². The monoisotopic (exact) mass is 330 g/mol. The number of aromatic nitrogens is 2. The number of rotatable bonds is 7. The predicted molar refractivity (Wildman–Crippen MR) is 80.3 cm³/mol. The van der Waals surface area contributed by atoms with E-state index in [1.165, 1.54) is 0 Å². The third kappa shape index (κ3) is 4.31. The largest absolute Gasteiger partial charge is 0.347 e. The number of hydrogen-bond donors (Lipinski definition) is 1. The lowest BCUT2D eigenvalue weighted by Crippen LogP contribution is -2.42. The van der Waals surface area contributed by atoms with Gasteiger partial charge in [-0.3, -0.25) is 9.48 Å². The number of likely N-dealkylation sites (N-methyl/N-ethyl adjacent to an activating group) is 1. The minimum absolute atomic E-state index is 0.0779. The number of nitrogens with one attached hydrogen (secondary N) is 1. The van der Waals surface area contributed by atoms with Gasteiger partial charge in [0.05, 0.1) is 10.7 Å². The topological polar surface area (TPSA) is 50.2 Å². The summed E-state index contributed by atoms with van der Waals surface area (Å²) in [5.41, 5.74) is 0.592. The zero-order chi connectivity index (χ0) is 14.4. The number of aryl methyl sites for hydroxylation is 1. The van der Waals surface area contributed by atoms with Crippen molar-refractivity contribution in [1.82, 2.24) is 20.0 Å².